The van der Waals surface area contributed by atoms with Crippen LogP contribution in [0, 0.1) is 0 Å². The summed E-state index contributed by atoms with van der Waals surface area (Å²) < 4.78 is 24.9. The maximum absolute atomic E-state index is 9.39. The minimum atomic E-state index is -4.64. The van der Waals surface area contributed by atoms with Gasteiger partial charge in [-0.2, -0.15) is 0 Å². The van der Waals surface area contributed by atoms with Gasteiger partial charge in [-0.25, -0.2) is 4.57 Å². The Kier molecular flexibility index (Phi) is 23.3. The zero-order valence-electron chi connectivity index (χ0n) is 49.3. The van der Waals surface area contributed by atoms with E-state index < -0.39 is 82.0 Å². The van der Waals surface area contributed by atoms with Crippen LogP contribution in [0.2, 0.25) is 26.6 Å². The summed E-state index contributed by atoms with van der Waals surface area (Å²) in [5.74, 6) is 0. The topological polar surface area (TPSA) is 208 Å². The van der Waals surface area contributed by atoms with Crippen molar-refractivity contribution < 1.29 is 51.3 Å². The summed E-state index contributed by atoms with van der Waals surface area (Å²) in [6, 6.07) is 68.6. The van der Waals surface area contributed by atoms with Crippen molar-refractivity contribution in [3.63, 3.8) is 0 Å². The van der Waals surface area contributed by atoms with Gasteiger partial charge < -0.3 is 45.3 Å². The van der Waals surface area contributed by atoms with E-state index in [4.69, 9.17) is 49.9 Å². The molecule has 0 bridgehead atoms. The second-order valence-corrected chi connectivity index (χ2v) is 51.6. The third-order valence-electron chi connectivity index (χ3n) is 16.4. The predicted molar refractivity (Wildman–Crippen MR) is 329 cm³/mol. The van der Waals surface area contributed by atoms with Gasteiger partial charge in [-0.15, -0.1) is 0 Å². The zero-order valence-corrected chi connectivity index (χ0v) is 55.9. The summed E-state index contributed by atoms with van der Waals surface area (Å²) in [7, 11) is -4.64. The molecule has 0 amide bonds. The number of benzene rings is 6. The molecule has 0 heterocycles. The molecule has 1 saturated carbocycles. The van der Waals surface area contributed by atoms with Gasteiger partial charge in [0.1, 0.15) is 36.6 Å². The number of phosphoric acid groups is 1. The van der Waals surface area contributed by atoms with Crippen LogP contribution in [0.25, 0.3) is 0 Å². The van der Waals surface area contributed by atoms with Gasteiger partial charge in [0.25, 0.3) is 0 Å². The molecule has 80 heavy (non-hydrogen) atoms. The van der Waals surface area contributed by atoms with E-state index in [0.29, 0.717) is 0 Å². The van der Waals surface area contributed by atoms with Gasteiger partial charge in [0.2, 0.25) is 0 Å². The molecule has 1 aliphatic carbocycles. The Bertz CT molecular complexity index is 2340. The van der Waals surface area contributed by atoms with Crippen LogP contribution in [0.3, 0.4) is 0 Å². The Morgan fingerprint density at radius 3 is 0.525 bits per heavy atom. The second-order valence-electron chi connectivity index (χ2n) is 26.5. The summed E-state index contributed by atoms with van der Waals surface area (Å²) in [6.07, 6.45) is -9.84. The van der Waals surface area contributed by atoms with E-state index in [0.717, 1.165) is 26.6 Å². The van der Waals surface area contributed by atoms with Gasteiger partial charge in [-0.3, -0.25) is 0 Å². The van der Waals surface area contributed by atoms with Crippen molar-refractivity contribution in [2.75, 3.05) is 0 Å². The van der Waals surface area contributed by atoms with Gasteiger partial charge >= 0.3 is 404 Å². The molecule has 0 saturated heterocycles. The van der Waals surface area contributed by atoms with Crippen molar-refractivity contribution in [2.24, 2.45) is 0 Å². The molecule has 1 aliphatic rings. The monoisotopic (exact) mass is 1330 g/mol. The van der Waals surface area contributed by atoms with E-state index in [1.807, 2.05) is 0 Å². The molecule has 0 radical (unpaired) electrons. The van der Waals surface area contributed by atoms with Crippen LogP contribution >= 0.6 is 7.82 Å². The van der Waals surface area contributed by atoms with Crippen molar-refractivity contribution in [2.45, 2.75) is 179 Å². The van der Waals surface area contributed by atoms with Crippen LogP contribution in [0.5, 0.6) is 0 Å². The SMILES string of the molecule is CC(C)([CH2][Sn]([CH2]C(C)(C)c1ccccc1)([CH2]C(C)(C)c1ccccc1)[O][Sn]([CH2]C(C)(C)c1ccccc1)([CH2]C(C)(C)c1ccccc1)[CH2]C(C)(C)c1ccccc1)c1ccccc1.O=P(O)(O)O.OC1C(O)C(O)C(O)C(O)C1O. The van der Waals surface area contributed by atoms with Crippen LogP contribution in [-0.2, 0) is 38.5 Å². The van der Waals surface area contributed by atoms with Gasteiger partial charge in [-0.1, -0.05) is 0 Å². The summed E-state index contributed by atoms with van der Waals surface area (Å²) in [5.41, 5.74) is 7.98. The predicted octanol–water partition coefficient (Wildman–Crippen LogP) is 12.0. The average molecular weight is 1330 g/mol. The van der Waals surface area contributed by atoms with Crippen LogP contribution in [0.1, 0.15) is 116 Å². The van der Waals surface area contributed by atoms with Crippen molar-refractivity contribution in [1.29, 1.82) is 0 Å². The minimum absolute atomic E-state index is 0.0900. The smallest absolute Gasteiger partial charge is 0.387 e. The van der Waals surface area contributed by atoms with Gasteiger partial charge in [-0.05, 0) is 0 Å². The van der Waals surface area contributed by atoms with Crippen LogP contribution in [0.4, 0.5) is 0 Å². The Balaban J connectivity index is 0.000000592. The Hall–Kier alpha value is -3.25. The third kappa shape index (κ3) is 18.9. The van der Waals surface area contributed by atoms with Crippen molar-refractivity contribution in [3.8, 4) is 0 Å². The molecule has 0 spiro atoms. The first-order valence-electron chi connectivity index (χ1n) is 27.9. The van der Waals surface area contributed by atoms with E-state index in [2.05, 4.69) is 265 Å². The molecule has 0 atom stereocenters. The fraction of sp³-hybridized carbons (Fsp3) is 0.455. The summed E-state index contributed by atoms with van der Waals surface area (Å²) in [5, 5.41) is 53.8. The fourth-order valence-corrected chi connectivity index (χ4v) is 76.0. The summed E-state index contributed by atoms with van der Waals surface area (Å²) in [4.78, 5) is 21.6. The molecule has 7 rings (SSSR count). The molecule has 6 aromatic carbocycles. The second kappa shape index (κ2) is 27.6. The number of aliphatic hydroxyl groups excluding tert-OH is 6. The Morgan fingerprint density at radius 1 is 0.300 bits per heavy atom. The van der Waals surface area contributed by atoms with Crippen molar-refractivity contribution in [3.05, 3.63) is 215 Å². The maximum atomic E-state index is 9.39. The van der Waals surface area contributed by atoms with Crippen LogP contribution in [0.15, 0.2) is 182 Å². The molecule has 0 unspecified atom stereocenters. The normalized spacial score (nSPS) is 19.7. The summed E-state index contributed by atoms with van der Waals surface area (Å²) in [6.45, 7) is 30.4. The number of hydrogen-bond donors (Lipinski definition) is 9. The quantitative estimate of drug-likeness (QED) is 0.0259. The number of hydrogen-bond acceptors (Lipinski definition) is 8. The molecule has 14 heteroatoms. The average Bonchev–Trinajstić information content (AvgIpc) is 3.39. The molecular weight excluding hydrogens is 1240 g/mol. The van der Waals surface area contributed by atoms with Gasteiger partial charge in [0.05, 0.1) is 0 Å². The largest absolute Gasteiger partial charge is 0.466 e. The zero-order chi connectivity index (χ0) is 59.6. The van der Waals surface area contributed by atoms with Gasteiger partial charge in [0.15, 0.2) is 0 Å². The molecule has 436 valence electrons. The Labute approximate surface area is 487 Å². The van der Waals surface area contributed by atoms with E-state index >= 15 is 0 Å². The summed E-state index contributed by atoms with van der Waals surface area (Å²) >= 11 is -8.23. The first-order valence-corrected chi connectivity index (χ1v) is 44.0. The first-order chi connectivity index (χ1) is 37.0. The van der Waals surface area contributed by atoms with Crippen molar-refractivity contribution in [1.82, 2.24) is 0 Å². The van der Waals surface area contributed by atoms with E-state index in [1.165, 1.54) is 33.4 Å². The molecular formula is C66H93O11PSn2. The van der Waals surface area contributed by atoms with Crippen LogP contribution < -0.4 is 0 Å². The van der Waals surface area contributed by atoms with Crippen molar-refractivity contribution >= 4 is 45.4 Å². The van der Waals surface area contributed by atoms with Gasteiger partial charge in [0, 0.05) is 0 Å². The molecule has 1 fully saturated rings. The molecule has 0 aromatic heterocycles. The molecule has 6 aromatic rings. The fourth-order valence-electron chi connectivity index (χ4n) is 13.0. The van der Waals surface area contributed by atoms with E-state index in [-0.39, 0.29) is 32.5 Å². The Morgan fingerprint density at radius 2 is 0.412 bits per heavy atom. The standard InChI is InChI=1S/6C10H13.C6H12O6.H3O4P.O.2Sn/c6*1-10(2,3)9-7-5-4-6-8-9;7-1-2(8)4(10)6(12)5(11)3(1)9;1-5(2,3)4;;;/h6*4-8H,1H2,2-3H3;1-12H;(H3,1,2,3,4);;;. The molecule has 11 nitrogen and oxygen atoms in total. The molecule has 0 aliphatic heterocycles. The number of rotatable bonds is 20. The maximum Gasteiger partial charge on any atom is 0.466 e. The van der Waals surface area contributed by atoms with E-state index in [9.17, 15) is 1.41 Å². The molecule has 9 N–H and O–H groups in total. The first kappa shape index (κ1) is 67.5. The van der Waals surface area contributed by atoms with Crippen LogP contribution in [-0.4, -0.2) is 120 Å². The number of aliphatic hydroxyl groups is 6. The third-order valence-corrected chi connectivity index (χ3v) is 61.7. The van der Waals surface area contributed by atoms with E-state index in [1.54, 1.807) is 0 Å². The minimum Gasteiger partial charge on any atom is -0.387 e.